The van der Waals surface area contributed by atoms with Gasteiger partial charge in [0.25, 0.3) is 0 Å². The predicted molar refractivity (Wildman–Crippen MR) is 79.2 cm³/mol. The summed E-state index contributed by atoms with van der Waals surface area (Å²) in [6.45, 7) is 8.15. The van der Waals surface area contributed by atoms with Crippen LogP contribution in [0, 0.1) is 16.7 Å². The third kappa shape index (κ3) is 3.18. The SMILES string of the molecule is CC(C)(CO)[C@@H](c1cccc(C#N)c1)N1CCNCC1. The van der Waals surface area contributed by atoms with Gasteiger partial charge in [-0.2, -0.15) is 5.26 Å². The fraction of sp³-hybridized carbons (Fsp3) is 0.562. The predicted octanol–water partition coefficient (Wildman–Crippen LogP) is 1.52. The molecular weight excluding hydrogens is 250 g/mol. The van der Waals surface area contributed by atoms with Crippen LogP contribution in [0.25, 0.3) is 0 Å². The molecule has 4 heteroatoms. The minimum Gasteiger partial charge on any atom is -0.396 e. The smallest absolute Gasteiger partial charge is 0.0991 e. The number of nitrogens with zero attached hydrogens (tertiary/aromatic N) is 2. The molecule has 2 rings (SSSR count). The van der Waals surface area contributed by atoms with Crippen LogP contribution in [0.4, 0.5) is 0 Å². The molecule has 0 radical (unpaired) electrons. The average molecular weight is 273 g/mol. The number of aliphatic hydroxyl groups is 1. The summed E-state index contributed by atoms with van der Waals surface area (Å²) >= 11 is 0. The van der Waals surface area contributed by atoms with E-state index in [0.717, 1.165) is 31.7 Å². The molecule has 4 nitrogen and oxygen atoms in total. The molecule has 108 valence electrons. The Morgan fingerprint density at radius 1 is 1.40 bits per heavy atom. The van der Waals surface area contributed by atoms with Crippen LogP contribution in [0.15, 0.2) is 24.3 Å². The van der Waals surface area contributed by atoms with E-state index in [2.05, 4.69) is 36.2 Å². The highest BCUT2D eigenvalue weighted by Crippen LogP contribution is 2.38. The maximum Gasteiger partial charge on any atom is 0.0991 e. The fourth-order valence-corrected chi connectivity index (χ4v) is 2.96. The van der Waals surface area contributed by atoms with Gasteiger partial charge >= 0.3 is 0 Å². The largest absolute Gasteiger partial charge is 0.396 e. The average Bonchev–Trinajstić information content (AvgIpc) is 2.48. The van der Waals surface area contributed by atoms with Crippen molar-refractivity contribution in [3.8, 4) is 6.07 Å². The van der Waals surface area contributed by atoms with Crippen molar-refractivity contribution < 1.29 is 5.11 Å². The van der Waals surface area contributed by atoms with Crippen molar-refractivity contribution in [2.45, 2.75) is 19.9 Å². The van der Waals surface area contributed by atoms with Gasteiger partial charge in [-0.1, -0.05) is 26.0 Å². The maximum atomic E-state index is 9.78. The molecule has 1 aliphatic heterocycles. The number of benzene rings is 1. The molecule has 0 amide bonds. The Morgan fingerprint density at radius 2 is 2.10 bits per heavy atom. The van der Waals surface area contributed by atoms with Gasteiger partial charge in [-0.15, -0.1) is 0 Å². The van der Waals surface area contributed by atoms with Gasteiger partial charge in [0.1, 0.15) is 0 Å². The van der Waals surface area contributed by atoms with Gasteiger partial charge in [-0.05, 0) is 17.7 Å². The molecular formula is C16H23N3O. The highest BCUT2D eigenvalue weighted by Gasteiger charge is 2.35. The van der Waals surface area contributed by atoms with Crippen LogP contribution in [-0.4, -0.2) is 42.8 Å². The zero-order chi connectivity index (χ0) is 14.6. The summed E-state index contributed by atoms with van der Waals surface area (Å²) in [6, 6.07) is 10.1. The minimum absolute atomic E-state index is 0.123. The fourth-order valence-electron chi connectivity index (χ4n) is 2.96. The Kier molecular flexibility index (Phi) is 4.77. The van der Waals surface area contributed by atoms with Crippen LogP contribution in [0.5, 0.6) is 0 Å². The van der Waals surface area contributed by atoms with Gasteiger partial charge in [0.2, 0.25) is 0 Å². The van der Waals surface area contributed by atoms with E-state index in [4.69, 9.17) is 5.26 Å². The molecule has 1 heterocycles. The van der Waals surface area contributed by atoms with Gasteiger partial charge in [0, 0.05) is 44.2 Å². The van der Waals surface area contributed by atoms with E-state index in [1.165, 1.54) is 0 Å². The molecule has 1 aromatic carbocycles. The molecule has 20 heavy (non-hydrogen) atoms. The number of nitriles is 1. The molecule has 0 aromatic heterocycles. The summed E-state index contributed by atoms with van der Waals surface area (Å²) in [4.78, 5) is 2.41. The summed E-state index contributed by atoms with van der Waals surface area (Å²) in [5.74, 6) is 0. The van der Waals surface area contributed by atoms with Crippen molar-refractivity contribution in [3.05, 3.63) is 35.4 Å². The van der Waals surface area contributed by atoms with Gasteiger partial charge in [-0.3, -0.25) is 4.90 Å². The van der Waals surface area contributed by atoms with Crippen LogP contribution in [0.3, 0.4) is 0 Å². The highest BCUT2D eigenvalue weighted by molar-refractivity contribution is 5.35. The Morgan fingerprint density at radius 3 is 2.70 bits per heavy atom. The van der Waals surface area contributed by atoms with Gasteiger partial charge in [-0.25, -0.2) is 0 Å². The normalized spacial score (nSPS) is 18.5. The summed E-state index contributed by atoms with van der Waals surface area (Å²) in [5.41, 5.74) is 1.55. The Bertz CT molecular complexity index is 487. The van der Waals surface area contributed by atoms with Gasteiger partial charge in [0.05, 0.1) is 11.6 Å². The van der Waals surface area contributed by atoms with Crippen molar-refractivity contribution in [2.75, 3.05) is 32.8 Å². The third-order valence-corrected chi connectivity index (χ3v) is 4.00. The molecule has 1 aromatic rings. The molecule has 1 atom stereocenters. The van der Waals surface area contributed by atoms with E-state index >= 15 is 0 Å². The number of rotatable bonds is 4. The first kappa shape index (κ1) is 15.0. The zero-order valence-electron chi connectivity index (χ0n) is 12.3. The second-order valence-corrected chi connectivity index (χ2v) is 6.07. The highest BCUT2D eigenvalue weighted by atomic mass is 16.3. The molecule has 2 N–H and O–H groups in total. The lowest BCUT2D eigenvalue weighted by Gasteiger charge is -2.43. The second kappa shape index (κ2) is 6.36. The number of piperazine rings is 1. The maximum absolute atomic E-state index is 9.78. The molecule has 0 aliphatic carbocycles. The topological polar surface area (TPSA) is 59.3 Å². The first-order valence-electron chi connectivity index (χ1n) is 7.14. The van der Waals surface area contributed by atoms with E-state index in [9.17, 15) is 5.11 Å². The summed E-state index contributed by atoms with van der Waals surface area (Å²) in [5, 5.41) is 22.2. The summed E-state index contributed by atoms with van der Waals surface area (Å²) in [6.07, 6.45) is 0. The van der Waals surface area contributed by atoms with E-state index in [0.29, 0.717) is 5.56 Å². The van der Waals surface area contributed by atoms with Gasteiger partial charge in [0.15, 0.2) is 0 Å². The molecule has 1 saturated heterocycles. The molecule has 0 unspecified atom stereocenters. The van der Waals surface area contributed by atoms with Crippen LogP contribution >= 0.6 is 0 Å². The summed E-state index contributed by atoms with van der Waals surface area (Å²) in [7, 11) is 0. The van der Waals surface area contributed by atoms with Crippen LogP contribution in [-0.2, 0) is 0 Å². The minimum atomic E-state index is -0.245. The Balaban J connectivity index is 2.37. The molecule has 0 saturated carbocycles. The second-order valence-electron chi connectivity index (χ2n) is 6.07. The third-order valence-electron chi connectivity index (χ3n) is 4.00. The van der Waals surface area contributed by atoms with Crippen molar-refractivity contribution in [3.63, 3.8) is 0 Å². The first-order valence-corrected chi connectivity index (χ1v) is 7.14. The van der Waals surface area contributed by atoms with Crippen LogP contribution < -0.4 is 5.32 Å². The summed E-state index contributed by atoms with van der Waals surface area (Å²) < 4.78 is 0. The van der Waals surface area contributed by atoms with E-state index in [1.807, 2.05) is 18.2 Å². The van der Waals surface area contributed by atoms with Crippen molar-refractivity contribution >= 4 is 0 Å². The standard InChI is InChI=1S/C16H23N3O/c1-16(2,12-20)15(19-8-6-18-7-9-19)14-5-3-4-13(10-14)11-17/h3-5,10,15,18,20H,6-9,12H2,1-2H3/t15-/m1/s1. The quantitative estimate of drug-likeness (QED) is 0.873. The van der Waals surface area contributed by atoms with E-state index in [1.54, 1.807) is 0 Å². The number of aliphatic hydroxyl groups excluding tert-OH is 1. The van der Waals surface area contributed by atoms with E-state index in [-0.39, 0.29) is 18.1 Å². The molecule has 0 spiro atoms. The van der Waals surface area contributed by atoms with Crippen molar-refractivity contribution in [2.24, 2.45) is 5.41 Å². The Hall–Kier alpha value is -1.41. The molecule has 0 bridgehead atoms. The van der Waals surface area contributed by atoms with Gasteiger partial charge < -0.3 is 10.4 Å². The lowest BCUT2D eigenvalue weighted by molar-refractivity contribution is 0.0305. The molecule has 1 aliphatic rings. The van der Waals surface area contributed by atoms with Crippen LogP contribution in [0.1, 0.15) is 31.0 Å². The number of hydrogen-bond acceptors (Lipinski definition) is 4. The lowest BCUT2D eigenvalue weighted by atomic mass is 9.79. The molecule has 1 fully saturated rings. The van der Waals surface area contributed by atoms with Crippen LogP contribution in [0.2, 0.25) is 0 Å². The van der Waals surface area contributed by atoms with Crippen molar-refractivity contribution in [1.82, 2.24) is 10.2 Å². The number of nitrogens with one attached hydrogen (secondary N) is 1. The lowest BCUT2D eigenvalue weighted by Crippen LogP contribution is -2.49. The number of hydrogen-bond donors (Lipinski definition) is 2. The monoisotopic (exact) mass is 273 g/mol. The van der Waals surface area contributed by atoms with E-state index < -0.39 is 0 Å². The first-order chi connectivity index (χ1) is 9.58. The Labute approximate surface area is 121 Å². The van der Waals surface area contributed by atoms with Crippen molar-refractivity contribution in [1.29, 1.82) is 5.26 Å². The zero-order valence-corrected chi connectivity index (χ0v) is 12.3.